The van der Waals surface area contributed by atoms with E-state index in [1.807, 2.05) is 48.4 Å². The first kappa shape index (κ1) is 18.9. The Hall–Kier alpha value is -3.06. The molecule has 30 heavy (non-hydrogen) atoms. The molecule has 1 N–H and O–H groups in total. The maximum absolute atomic E-state index is 13.1. The van der Waals surface area contributed by atoms with Crippen molar-refractivity contribution in [3.63, 3.8) is 0 Å². The standard InChI is InChI=1S/C23H26N6O/c1-16-8-9-20(24-10-16)13-28-11-19-12-29(21(30)18-6-4-3-5-7-18)15-23(19,14-28)22-25-17(2)26-27-22/h3-10,19H,11-15H2,1-2H3,(H,25,26,27)/t19-,23-/m1/s1. The SMILES string of the molecule is Cc1ccc(CN2C[C@@H]3CN(C(=O)c4ccccc4)C[C@]3(c3n[nH]c(C)n3)C2)nc1. The number of amides is 1. The summed E-state index contributed by atoms with van der Waals surface area (Å²) in [6.07, 6.45) is 1.92. The summed E-state index contributed by atoms with van der Waals surface area (Å²) in [6, 6.07) is 13.7. The monoisotopic (exact) mass is 402 g/mol. The maximum Gasteiger partial charge on any atom is 0.253 e. The van der Waals surface area contributed by atoms with Crippen LogP contribution in [0.15, 0.2) is 48.7 Å². The molecular weight excluding hydrogens is 376 g/mol. The molecule has 0 radical (unpaired) electrons. The van der Waals surface area contributed by atoms with Gasteiger partial charge in [-0.15, -0.1) is 0 Å². The van der Waals surface area contributed by atoms with Crippen LogP contribution in [0.3, 0.4) is 0 Å². The zero-order valence-corrected chi connectivity index (χ0v) is 17.4. The second-order valence-corrected chi connectivity index (χ2v) is 8.65. The number of benzene rings is 1. The average molecular weight is 403 g/mol. The lowest BCUT2D eigenvalue weighted by Gasteiger charge is -2.27. The second-order valence-electron chi connectivity index (χ2n) is 8.65. The van der Waals surface area contributed by atoms with Crippen molar-refractivity contribution < 1.29 is 4.79 Å². The van der Waals surface area contributed by atoms with Gasteiger partial charge >= 0.3 is 0 Å². The van der Waals surface area contributed by atoms with E-state index in [1.165, 1.54) is 5.56 Å². The molecule has 7 nitrogen and oxygen atoms in total. The van der Waals surface area contributed by atoms with Gasteiger partial charge in [-0.1, -0.05) is 24.3 Å². The highest BCUT2D eigenvalue weighted by Gasteiger charge is 2.56. The summed E-state index contributed by atoms with van der Waals surface area (Å²) in [5.74, 6) is 2.02. The van der Waals surface area contributed by atoms with Gasteiger partial charge in [0.25, 0.3) is 5.91 Å². The normalized spacial score (nSPS) is 23.7. The number of H-pyrrole nitrogens is 1. The van der Waals surface area contributed by atoms with E-state index in [2.05, 4.69) is 39.1 Å². The van der Waals surface area contributed by atoms with Crippen molar-refractivity contribution in [3.05, 3.63) is 77.1 Å². The van der Waals surface area contributed by atoms with E-state index in [9.17, 15) is 4.79 Å². The average Bonchev–Trinajstić information content (AvgIpc) is 3.42. The summed E-state index contributed by atoms with van der Waals surface area (Å²) in [4.78, 5) is 26.8. The number of aromatic amines is 1. The lowest BCUT2D eigenvalue weighted by Crippen LogP contribution is -2.40. The lowest BCUT2D eigenvalue weighted by atomic mass is 9.80. The van der Waals surface area contributed by atoms with Crippen molar-refractivity contribution in [1.29, 1.82) is 0 Å². The number of hydrogen-bond acceptors (Lipinski definition) is 5. The summed E-state index contributed by atoms with van der Waals surface area (Å²) in [6.45, 7) is 7.86. The Labute approximate surface area is 176 Å². The number of carbonyl (C=O) groups is 1. The molecular formula is C23H26N6O. The fourth-order valence-corrected chi connectivity index (χ4v) is 4.91. The maximum atomic E-state index is 13.1. The van der Waals surface area contributed by atoms with Crippen LogP contribution in [0, 0.1) is 19.8 Å². The van der Waals surface area contributed by atoms with E-state index in [0.717, 1.165) is 49.1 Å². The third-order valence-electron chi connectivity index (χ3n) is 6.39. The molecule has 5 rings (SSSR count). The number of fused-ring (bicyclic) bond motifs is 1. The van der Waals surface area contributed by atoms with Gasteiger partial charge in [-0.2, -0.15) is 5.10 Å². The highest BCUT2D eigenvalue weighted by atomic mass is 16.2. The molecule has 0 unspecified atom stereocenters. The van der Waals surface area contributed by atoms with Crippen LogP contribution in [-0.2, 0) is 12.0 Å². The summed E-state index contributed by atoms with van der Waals surface area (Å²) in [5, 5.41) is 7.54. The van der Waals surface area contributed by atoms with E-state index in [-0.39, 0.29) is 11.3 Å². The predicted octanol–water partition coefficient (Wildman–Crippen LogP) is 2.34. The number of pyridine rings is 1. The van der Waals surface area contributed by atoms with E-state index in [1.54, 1.807) is 0 Å². The van der Waals surface area contributed by atoms with Crippen molar-refractivity contribution in [2.45, 2.75) is 25.8 Å². The van der Waals surface area contributed by atoms with Gasteiger partial charge in [0.15, 0.2) is 5.82 Å². The molecule has 154 valence electrons. The highest BCUT2D eigenvalue weighted by Crippen LogP contribution is 2.44. The molecule has 2 aromatic heterocycles. The van der Waals surface area contributed by atoms with Crippen LogP contribution >= 0.6 is 0 Å². The summed E-state index contributed by atoms with van der Waals surface area (Å²) >= 11 is 0. The molecule has 2 fully saturated rings. The molecule has 2 saturated heterocycles. The third kappa shape index (κ3) is 3.29. The van der Waals surface area contributed by atoms with Crippen molar-refractivity contribution in [2.24, 2.45) is 5.92 Å². The number of hydrogen-bond donors (Lipinski definition) is 1. The van der Waals surface area contributed by atoms with Crippen LogP contribution in [-0.4, -0.2) is 62.1 Å². The summed E-state index contributed by atoms with van der Waals surface area (Å²) in [7, 11) is 0. The minimum Gasteiger partial charge on any atom is -0.337 e. The van der Waals surface area contributed by atoms with Gasteiger partial charge in [0.2, 0.25) is 0 Å². The van der Waals surface area contributed by atoms with Crippen LogP contribution in [0.4, 0.5) is 0 Å². The number of nitrogens with zero attached hydrogens (tertiary/aromatic N) is 5. The zero-order valence-electron chi connectivity index (χ0n) is 17.4. The minimum atomic E-state index is -0.250. The van der Waals surface area contributed by atoms with Gasteiger partial charge in [0.1, 0.15) is 5.82 Å². The van der Waals surface area contributed by atoms with Gasteiger partial charge in [-0.05, 0) is 37.6 Å². The first-order valence-corrected chi connectivity index (χ1v) is 10.4. The molecule has 0 aliphatic carbocycles. The highest BCUT2D eigenvalue weighted by molar-refractivity contribution is 5.94. The number of aryl methyl sites for hydroxylation is 2. The Balaban J connectivity index is 1.40. The molecule has 0 saturated carbocycles. The van der Waals surface area contributed by atoms with E-state index < -0.39 is 0 Å². The number of aromatic nitrogens is 4. The summed E-state index contributed by atoms with van der Waals surface area (Å²) < 4.78 is 0. The van der Waals surface area contributed by atoms with Gasteiger partial charge in [-0.25, -0.2) is 4.98 Å². The fourth-order valence-electron chi connectivity index (χ4n) is 4.91. The zero-order chi connectivity index (χ0) is 20.7. The summed E-state index contributed by atoms with van der Waals surface area (Å²) in [5.41, 5.74) is 2.72. The molecule has 3 aromatic rings. The van der Waals surface area contributed by atoms with Crippen LogP contribution in [0.25, 0.3) is 0 Å². The number of likely N-dealkylation sites (tertiary alicyclic amines) is 2. The molecule has 0 bridgehead atoms. The van der Waals surface area contributed by atoms with Crippen LogP contribution < -0.4 is 0 Å². The van der Waals surface area contributed by atoms with Crippen LogP contribution in [0.1, 0.15) is 33.3 Å². The molecule has 2 aliphatic rings. The topological polar surface area (TPSA) is 78.0 Å². The molecule has 2 atom stereocenters. The van der Waals surface area contributed by atoms with Crippen LogP contribution in [0.5, 0.6) is 0 Å². The van der Waals surface area contributed by atoms with Crippen molar-refractivity contribution >= 4 is 5.91 Å². The minimum absolute atomic E-state index is 0.0865. The third-order valence-corrected chi connectivity index (χ3v) is 6.39. The molecule has 1 amide bonds. The smallest absolute Gasteiger partial charge is 0.253 e. The molecule has 2 aliphatic heterocycles. The Morgan fingerprint density at radius 2 is 1.97 bits per heavy atom. The number of carbonyl (C=O) groups excluding carboxylic acids is 1. The van der Waals surface area contributed by atoms with Crippen molar-refractivity contribution in [2.75, 3.05) is 26.2 Å². The first-order chi connectivity index (χ1) is 14.5. The van der Waals surface area contributed by atoms with Gasteiger partial charge in [0.05, 0.1) is 11.1 Å². The van der Waals surface area contributed by atoms with Gasteiger partial charge in [0, 0.05) is 50.4 Å². The Morgan fingerprint density at radius 1 is 1.13 bits per heavy atom. The number of rotatable bonds is 4. The van der Waals surface area contributed by atoms with Crippen molar-refractivity contribution in [3.8, 4) is 0 Å². The van der Waals surface area contributed by atoms with E-state index >= 15 is 0 Å². The van der Waals surface area contributed by atoms with Gasteiger partial charge < -0.3 is 4.90 Å². The second kappa shape index (κ2) is 7.32. The van der Waals surface area contributed by atoms with Crippen LogP contribution in [0.2, 0.25) is 0 Å². The Kier molecular flexibility index (Phi) is 4.62. The Bertz CT molecular complexity index is 1050. The quantitative estimate of drug-likeness (QED) is 0.725. The van der Waals surface area contributed by atoms with Crippen molar-refractivity contribution in [1.82, 2.24) is 30.0 Å². The van der Waals surface area contributed by atoms with E-state index in [0.29, 0.717) is 12.5 Å². The molecule has 7 heteroatoms. The Morgan fingerprint density at radius 3 is 2.67 bits per heavy atom. The molecule has 1 aromatic carbocycles. The number of nitrogens with one attached hydrogen (secondary N) is 1. The molecule has 4 heterocycles. The predicted molar refractivity (Wildman–Crippen MR) is 113 cm³/mol. The van der Waals surface area contributed by atoms with Gasteiger partial charge in [-0.3, -0.25) is 19.8 Å². The largest absolute Gasteiger partial charge is 0.337 e. The first-order valence-electron chi connectivity index (χ1n) is 10.4. The lowest BCUT2D eigenvalue weighted by molar-refractivity contribution is 0.0769. The van der Waals surface area contributed by atoms with E-state index in [4.69, 9.17) is 4.98 Å². The fraction of sp³-hybridized carbons (Fsp3) is 0.391. The molecule has 0 spiro atoms.